The number of carboxylic acid groups (broad SMARTS) is 1. The van der Waals surface area contributed by atoms with Crippen LogP contribution >= 0.6 is 23.2 Å². The molecule has 10 heteroatoms. The smallest absolute Gasteiger partial charge is 0.407 e. The average molecular weight is 591 g/mol. The molecule has 0 aliphatic carbocycles. The molecule has 0 bridgehead atoms. The highest BCUT2D eigenvalue weighted by Gasteiger charge is 2.26. The lowest BCUT2D eigenvalue weighted by Gasteiger charge is -2.23. The standard InChI is InChI=1S/C31H28Cl2N4O4/c1-41-30-19(16-37(31(39)40)17-21-13-15-27(38)35-21)10-14-26(36-30)25-7-3-6-24(29(25)33)23-5-2-4-22(28(23)32)18-8-11-20(34)12-9-18/h2-12,14,21H,13,15-17,34H2,1H3,(H,35,38)(H,39,40)/t21-/m0/s1. The number of nitrogens with one attached hydrogen (secondary N) is 1. The van der Waals surface area contributed by atoms with Crippen LogP contribution in [0.5, 0.6) is 5.88 Å². The monoisotopic (exact) mass is 590 g/mol. The predicted molar refractivity (Wildman–Crippen MR) is 161 cm³/mol. The Bertz CT molecular complexity index is 1610. The molecule has 41 heavy (non-hydrogen) atoms. The Morgan fingerprint density at radius 2 is 1.63 bits per heavy atom. The number of ether oxygens (including phenoxy) is 1. The minimum atomic E-state index is -1.09. The Kier molecular flexibility index (Phi) is 8.33. The SMILES string of the molecule is COc1nc(-c2cccc(-c3cccc(-c4ccc(N)cc4)c3Cl)c2Cl)ccc1CN(C[C@@H]1CCC(=O)N1)C(=O)O. The highest BCUT2D eigenvalue weighted by Crippen LogP contribution is 2.42. The molecule has 1 saturated heterocycles. The van der Waals surface area contributed by atoms with Gasteiger partial charge < -0.3 is 25.8 Å². The van der Waals surface area contributed by atoms with Gasteiger partial charge in [0, 0.05) is 52.5 Å². The van der Waals surface area contributed by atoms with Gasteiger partial charge >= 0.3 is 6.09 Å². The van der Waals surface area contributed by atoms with Crippen LogP contribution in [0.25, 0.3) is 33.5 Å². The maximum Gasteiger partial charge on any atom is 0.407 e. The second kappa shape index (κ2) is 12.1. The number of halogens is 2. The van der Waals surface area contributed by atoms with Crippen molar-refractivity contribution in [3.63, 3.8) is 0 Å². The van der Waals surface area contributed by atoms with Crippen LogP contribution in [0.1, 0.15) is 18.4 Å². The zero-order chi connectivity index (χ0) is 29.1. The number of carbonyl (C=O) groups is 2. The van der Waals surface area contributed by atoms with Crippen molar-refractivity contribution in [1.29, 1.82) is 0 Å². The van der Waals surface area contributed by atoms with Crippen LogP contribution in [0.4, 0.5) is 10.5 Å². The van der Waals surface area contributed by atoms with Gasteiger partial charge in [0.25, 0.3) is 0 Å². The summed E-state index contributed by atoms with van der Waals surface area (Å²) >= 11 is 13.9. The second-order valence-electron chi connectivity index (χ2n) is 9.79. The van der Waals surface area contributed by atoms with E-state index >= 15 is 0 Å². The van der Waals surface area contributed by atoms with Crippen LogP contribution in [0.3, 0.4) is 0 Å². The normalized spacial score (nSPS) is 14.5. The summed E-state index contributed by atoms with van der Waals surface area (Å²) in [5.41, 5.74) is 11.7. The Balaban J connectivity index is 1.45. The summed E-state index contributed by atoms with van der Waals surface area (Å²) in [6, 6.07) is 22.3. The van der Waals surface area contributed by atoms with Crippen molar-refractivity contribution in [2.45, 2.75) is 25.4 Å². The molecule has 8 nitrogen and oxygen atoms in total. The molecular formula is C31H28Cl2N4O4. The van der Waals surface area contributed by atoms with Crippen molar-refractivity contribution in [2.75, 3.05) is 19.4 Å². The number of carbonyl (C=O) groups excluding carboxylic acids is 1. The third-order valence-corrected chi connectivity index (χ3v) is 7.89. The summed E-state index contributed by atoms with van der Waals surface area (Å²) in [5, 5.41) is 13.6. The number of amides is 2. The molecule has 1 atom stereocenters. The fourth-order valence-corrected chi connectivity index (χ4v) is 5.64. The van der Waals surface area contributed by atoms with Gasteiger partial charge in [-0.25, -0.2) is 9.78 Å². The van der Waals surface area contributed by atoms with Gasteiger partial charge in [0.2, 0.25) is 11.8 Å². The maximum absolute atomic E-state index is 12.0. The number of methoxy groups -OCH3 is 1. The molecular weight excluding hydrogens is 563 g/mol. The molecule has 2 amide bonds. The fraction of sp³-hybridized carbons (Fsp3) is 0.194. The lowest BCUT2D eigenvalue weighted by atomic mass is 9.96. The van der Waals surface area contributed by atoms with Gasteiger partial charge in [-0.15, -0.1) is 0 Å². The molecule has 0 radical (unpaired) electrons. The Labute approximate surface area is 247 Å². The minimum Gasteiger partial charge on any atom is -0.481 e. The van der Waals surface area contributed by atoms with Crippen molar-refractivity contribution in [2.24, 2.45) is 0 Å². The number of pyridine rings is 1. The zero-order valence-electron chi connectivity index (χ0n) is 22.2. The number of aromatic nitrogens is 1. The van der Waals surface area contributed by atoms with Crippen LogP contribution in [-0.2, 0) is 11.3 Å². The predicted octanol–water partition coefficient (Wildman–Crippen LogP) is 6.74. The van der Waals surface area contributed by atoms with Gasteiger partial charge in [-0.2, -0.15) is 0 Å². The molecule has 1 aliphatic heterocycles. The first kappa shape index (κ1) is 28.3. The topological polar surface area (TPSA) is 118 Å². The van der Waals surface area contributed by atoms with Gasteiger partial charge in [-0.3, -0.25) is 4.79 Å². The van der Waals surface area contributed by atoms with Crippen molar-refractivity contribution < 1.29 is 19.4 Å². The molecule has 2 heterocycles. The van der Waals surface area contributed by atoms with Gasteiger partial charge in [-0.05, 0) is 36.2 Å². The van der Waals surface area contributed by atoms with E-state index in [1.807, 2.05) is 60.7 Å². The Morgan fingerprint density at radius 1 is 1.00 bits per heavy atom. The molecule has 5 rings (SSSR count). The Hall–Kier alpha value is -4.27. The summed E-state index contributed by atoms with van der Waals surface area (Å²) in [7, 11) is 1.48. The highest BCUT2D eigenvalue weighted by molar-refractivity contribution is 6.39. The van der Waals surface area contributed by atoms with Gasteiger partial charge in [0.1, 0.15) is 0 Å². The first-order valence-electron chi connectivity index (χ1n) is 13.0. The molecule has 0 saturated carbocycles. The number of nitrogens with two attached hydrogens (primary N) is 1. The number of anilines is 1. The van der Waals surface area contributed by atoms with E-state index in [1.165, 1.54) is 12.0 Å². The Morgan fingerprint density at radius 3 is 2.24 bits per heavy atom. The van der Waals surface area contributed by atoms with E-state index in [0.29, 0.717) is 45.4 Å². The van der Waals surface area contributed by atoms with E-state index in [9.17, 15) is 14.7 Å². The van der Waals surface area contributed by atoms with Crippen LogP contribution in [-0.4, -0.2) is 46.7 Å². The largest absolute Gasteiger partial charge is 0.481 e. The highest BCUT2D eigenvalue weighted by atomic mass is 35.5. The van der Waals surface area contributed by atoms with Crippen LogP contribution in [0, 0.1) is 0 Å². The zero-order valence-corrected chi connectivity index (χ0v) is 23.7. The number of rotatable bonds is 8. The fourth-order valence-electron chi connectivity index (χ4n) is 4.98. The third kappa shape index (κ3) is 6.09. The second-order valence-corrected chi connectivity index (χ2v) is 10.5. The molecule has 4 aromatic rings. The molecule has 1 aromatic heterocycles. The summed E-state index contributed by atoms with van der Waals surface area (Å²) in [4.78, 5) is 29.4. The number of nitrogens with zero attached hydrogens (tertiary/aromatic N) is 2. The summed E-state index contributed by atoms with van der Waals surface area (Å²) in [6.07, 6.45) is -0.0984. The molecule has 1 fully saturated rings. The first-order chi connectivity index (χ1) is 19.7. The number of hydrogen-bond acceptors (Lipinski definition) is 5. The van der Waals surface area contributed by atoms with Gasteiger partial charge in [-0.1, -0.05) is 71.7 Å². The summed E-state index contributed by atoms with van der Waals surface area (Å²) in [5.74, 6) is 0.218. The molecule has 210 valence electrons. The van der Waals surface area contributed by atoms with E-state index in [-0.39, 0.29) is 30.9 Å². The van der Waals surface area contributed by atoms with Crippen LogP contribution < -0.4 is 15.8 Å². The van der Waals surface area contributed by atoms with Crippen LogP contribution in [0.2, 0.25) is 10.0 Å². The molecule has 3 aromatic carbocycles. The maximum atomic E-state index is 12.0. The molecule has 1 aliphatic rings. The summed E-state index contributed by atoms with van der Waals surface area (Å²) < 4.78 is 5.55. The van der Waals surface area contributed by atoms with Crippen molar-refractivity contribution in [1.82, 2.24) is 15.2 Å². The van der Waals surface area contributed by atoms with Gasteiger partial charge in [0.05, 0.1) is 29.4 Å². The van der Waals surface area contributed by atoms with Crippen molar-refractivity contribution in [3.05, 3.63) is 88.4 Å². The number of benzene rings is 3. The molecule has 0 unspecified atom stereocenters. The van der Waals surface area contributed by atoms with Crippen molar-refractivity contribution >= 4 is 40.9 Å². The van der Waals surface area contributed by atoms with Crippen molar-refractivity contribution in [3.8, 4) is 39.4 Å². The number of nitrogen functional groups attached to an aromatic ring is 1. The third-order valence-electron chi connectivity index (χ3n) is 7.08. The van der Waals surface area contributed by atoms with E-state index < -0.39 is 6.09 Å². The lowest BCUT2D eigenvalue weighted by molar-refractivity contribution is -0.119. The number of hydrogen-bond donors (Lipinski definition) is 3. The van der Waals surface area contributed by atoms with E-state index in [0.717, 1.165) is 22.3 Å². The first-order valence-corrected chi connectivity index (χ1v) is 13.8. The molecule has 0 spiro atoms. The van der Waals surface area contributed by atoms with Crippen LogP contribution in [0.15, 0.2) is 72.8 Å². The minimum absolute atomic E-state index is 0.0550. The molecule has 4 N–H and O–H groups in total. The quantitative estimate of drug-likeness (QED) is 0.196. The average Bonchev–Trinajstić information content (AvgIpc) is 3.38. The van der Waals surface area contributed by atoms with E-state index in [2.05, 4.69) is 10.3 Å². The van der Waals surface area contributed by atoms with E-state index in [1.54, 1.807) is 12.1 Å². The van der Waals surface area contributed by atoms with E-state index in [4.69, 9.17) is 33.7 Å². The lowest BCUT2D eigenvalue weighted by Crippen LogP contribution is -2.41. The summed E-state index contributed by atoms with van der Waals surface area (Å²) in [6.45, 7) is 0.232. The van der Waals surface area contributed by atoms with Gasteiger partial charge in [0.15, 0.2) is 0 Å².